The van der Waals surface area contributed by atoms with Crippen LogP contribution in [0.4, 0.5) is 11.7 Å². The third-order valence-electron chi connectivity index (χ3n) is 1.80. The fourth-order valence-corrected chi connectivity index (χ4v) is 2.58. The summed E-state index contributed by atoms with van der Waals surface area (Å²) in [5.74, 6) is 0.411. The average molecular weight is 257 g/mol. The maximum absolute atomic E-state index is 10.5. The molecule has 0 atom stereocenters. The lowest BCUT2D eigenvalue weighted by molar-refractivity contribution is -0.401. The van der Waals surface area contributed by atoms with Gasteiger partial charge in [-0.2, -0.15) is 0 Å². The molecule has 0 spiro atoms. The molecule has 2 aromatic rings. The molecule has 0 saturated heterocycles. The fourth-order valence-electron chi connectivity index (χ4n) is 1.12. The molecular formula is C8H7N3O3S2. The van der Waals surface area contributed by atoms with Crippen molar-refractivity contribution in [1.82, 2.24) is 4.98 Å². The summed E-state index contributed by atoms with van der Waals surface area (Å²) < 4.78 is 5.85. The van der Waals surface area contributed by atoms with E-state index in [1.54, 1.807) is 0 Å². The zero-order valence-electron chi connectivity index (χ0n) is 8.17. The molecule has 2 aromatic heterocycles. The molecule has 0 saturated carbocycles. The quantitative estimate of drug-likeness (QED) is 0.516. The lowest BCUT2D eigenvalue weighted by Crippen LogP contribution is -1.86. The topological polar surface area (TPSA) is 95.2 Å². The van der Waals surface area contributed by atoms with Gasteiger partial charge in [-0.15, -0.1) is 11.3 Å². The Bertz CT molecular complexity index is 534. The zero-order valence-corrected chi connectivity index (χ0v) is 9.80. The first-order valence-electron chi connectivity index (χ1n) is 4.16. The number of hydrogen-bond donors (Lipinski definition) is 1. The summed E-state index contributed by atoms with van der Waals surface area (Å²) >= 11 is 2.81. The Morgan fingerprint density at radius 1 is 1.62 bits per heavy atom. The second-order valence-electron chi connectivity index (χ2n) is 2.79. The minimum Gasteiger partial charge on any atom is -0.400 e. The van der Waals surface area contributed by atoms with Crippen LogP contribution in [0.1, 0.15) is 0 Å². The van der Waals surface area contributed by atoms with E-state index in [4.69, 9.17) is 10.2 Å². The minimum atomic E-state index is -0.587. The summed E-state index contributed by atoms with van der Waals surface area (Å²) in [6, 6.07) is 2.82. The molecule has 0 radical (unpaired) electrons. The highest BCUT2D eigenvalue weighted by Crippen LogP contribution is 2.37. The molecular weight excluding hydrogens is 250 g/mol. The van der Waals surface area contributed by atoms with Gasteiger partial charge in [-0.3, -0.25) is 10.1 Å². The van der Waals surface area contributed by atoms with Gasteiger partial charge < -0.3 is 10.2 Å². The Morgan fingerprint density at radius 3 is 2.88 bits per heavy atom. The molecule has 2 N–H and O–H groups in total. The SMILES string of the molecule is CSc1nc(N)c(-c2ccc([N+](=O)[O-])o2)s1. The van der Waals surface area contributed by atoms with Crippen LogP contribution in [0.25, 0.3) is 10.6 Å². The van der Waals surface area contributed by atoms with Crippen molar-refractivity contribution >= 4 is 34.8 Å². The first-order chi connectivity index (χ1) is 7.61. The fraction of sp³-hybridized carbons (Fsp3) is 0.125. The molecule has 2 rings (SSSR count). The number of hydrogen-bond acceptors (Lipinski definition) is 7. The predicted molar refractivity (Wildman–Crippen MR) is 62.7 cm³/mol. The van der Waals surface area contributed by atoms with E-state index in [9.17, 15) is 10.1 Å². The molecule has 16 heavy (non-hydrogen) atoms. The van der Waals surface area contributed by atoms with Crippen molar-refractivity contribution < 1.29 is 9.34 Å². The van der Waals surface area contributed by atoms with Crippen molar-refractivity contribution in [3.8, 4) is 10.6 Å². The van der Waals surface area contributed by atoms with Crippen molar-refractivity contribution in [3.05, 3.63) is 22.2 Å². The number of nitrogens with zero attached hydrogens (tertiary/aromatic N) is 2. The Labute approximate surface area is 98.6 Å². The Balaban J connectivity index is 2.41. The van der Waals surface area contributed by atoms with Crippen LogP contribution in [-0.4, -0.2) is 16.2 Å². The molecule has 0 aromatic carbocycles. The highest BCUT2D eigenvalue weighted by molar-refractivity contribution is 8.00. The molecule has 0 aliphatic heterocycles. The van der Waals surface area contributed by atoms with Crippen molar-refractivity contribution in [2.45, 2.75) is 4.34 Å². The molecule has 84 valence electrons. The van der Waals surface area contributed by atoms with E-state index in [1.807, 2.05) is 6.26 Å². The van der Waals surface area contributed by atoms with E-state index in [0.717, 1.165) is 4.34 Å². The number of anilines is 1. The number of thioether (sulfide) groups is 1. The smallest absolute Gasteiger partial charge is 0.400 e. The van der Waals surface area contributed by atoms with Gasteiger partial charge in [0.05, 0.1) is 6.07 Å². The van der Waals surface area contributed by atoms with Crippen LogP contribution in [0.5, 0.6) is 0 Å². The molecule has 6 nitrogen and oxygen atoms in total. The summed E-state index contributed by atoms with van der Waals surface area (Å²) in [6.45, 7) is 0. The standard InChI is InChI=1S/C8H7N3O3S2/c1-15-8-10-7(9)6(16-8)4-2-3-5(14-4)11(12)13/h2-3H,9H2,1H3. The van der Waals surface area contributed by atoms with E-state index in [1.165, 1.54) is 35.2 Å². The van der Waals surface area contributed by atoms with Gasteiger partial charge >= 0.3 is 5.88 Å². The van der Waals surface area contributed by atoms with Crippen molar-refractivity contribution in [3.63, 3.8) is 0 Å². The molecule has 0 amide bonds. The monoisotopic (exact) mass is 257 g/mol. The van der Waals surface area contributed by atoms with Gasteiger partial charge in [-0.25, -0.2) is 4.98 Å². The highest BCUT2D eigenvalue weighted by Gasteiger charge is 2.17. The molecule has 0 unspecified atom stereocenters. The van der Waals surface area contributed by atoms with Crippen molar-refractivity contribution in [2.75, 3.05) is 12.0 Å². The predicted octanol–water partition coefficient (Wildman–Crippen LogP) is 2.62. The molecule has 2 heterocycles. The number of rotatable bonds is 3. The van der Waals surface area contributed by atoms with Gasteiger partial charge in [-0.1, -0.05) is 11.8 Å². The van der Waals surface area contributed by atoms with Crippen LogP contribution in [0, 0.1) is 10.1 Å². The van der Waals surface area contributed by atoms with Gasteiger partial charge in [0.25, 0.3) is 0 Å². The first-order valence-corrected chi connectivity index (χ1v) is 6.21. The van der Waals surface area contributed by atoms with Crippen LogP contribution in [0.15, 0.2) is 20.9 Å². The summed E-state index contributed by atoms with van der Waals surface area (Å²) in [6.07, 6.45) is 1.88. The maximum Gasteiger partial charge on any atom is 0.433 e. The number of nitrogens with two attached hydrogens (primary N) is 1. The molecule has 0 aliphatic rings. The summed E-state index contributed by atoms with van der Waals surface area (Å²) in [7, 11) is 0. The Kier molecular flexibility index (Phi) is 2.84. The summed E-state index contributed by atoms with van der Waals surface area (Å²) in [5.41, 5.74) is 5.69. The van der Waals surface area contributed by atoms with Crippen LogP contribution in [0.2, 0.25) is 0 Å². The third-order valence-corrected chi connectivity index (χ3v) is 3.87. The second kappa shape index (κ2) is 4.14. The van der Waals surface area contributed by atoms with Crippen molar-refractivity contribution in [2.24, 2.45) is 0 Å². The second-order valence-corrected chi connectivity index (χ2v) is 4.85. The van der Waals surface area contributed by atoms with Gasteiger partial charge in [0.15, 0.2) is 10.1 Å². The Morgan fingerprint density at radius 2 is 2.38 bits per heavy atom. The maximum atomic E-state index is 10.5. The van der Waals surface area contributed by atoms with E-state index < -0.39 is 4.92 Å². The van der Waals surface area contributed by atoms with Crippen LogP contribution < -0.4 is 5.73 Å². The molecule has 8 heteroatoms. The largest absolute Gasteiger partial charge is 0.433 e. The van der Waals surface area contributed by atoms with E-state index in [0.29, 0.717) is 16.5 Å². The van der Waals surface area contributed by atoms with E-state index in [2.05, 4.69) is 4.98 Å². The number of aromatic nitrogens is 1. The summed E-state index contributed by atoms with van der Waals surface area (Å²) in [4.78, 5) is 14.6. The molecule has 0 fully saturated rings. The van der Waals surface area contributed by atoms with Crippen LogP contribution in [0.3, 0.4) is 0 Å². The number of thiazole rings is 1. The van der Waals surface area contributed by atoms with E-state index in [-0.39, 0.29) is 5.88 Å². The highest BCUT2D eigenvalue weighted by atomic mass is 32.2. The zero-order chi connectivity index (χ0) is 11.7. The van der Waals surface area contributed by atoms with Gasteiger partial charge in [0, 0.05) is 0 Å². The molecule has 0 aliphatic carbocycles. The Hall–Kier alpha value is -1.54. The van der Waals surface area contributed by atoms with Crippen molar-refractivity contribution in [1.29, 1.82) is 0 Å². The molecule has 0 bridgehead atoms. The average Bonchev–Trinajstić information content (AvgIpc) is 2.83. The lowest BCUT2D eigenvalue weighted by atomic mass is 10.4. The minimum absolute atomic E-state index is 0.298. The lowest BCUT2D eigenvalue weighted by Gasteiger charge is -1.89. The first kappa shape index (κ1) is 11.0. The normalized spacial score (nSPS) is 10.6. The van der Waals surface area contributed by atoms with E-state index >= 15 is 0 Å². The van der Waals surface area contributed by atoms with Crippen LogP contribution in [-0.2, 0) is 0 Å². The number of nitro groups is 1. The van der Waals surface area contributed by atoms with Crippen LogP contribution >= 0.6 is 23.1 Å². The summed E-state index contributed by atoms with van der Waals surface area (Å²) in [5, 5.41) is 10.5. The van der Waals surface area contributed by atoms with Gasteiger partial charge in [0.2, 0.25) is 0 Å². The number of furan rings is 1. The van der Waals surface area contributed by atoms with Gasteiger partial charge in [-0.05, 0) is 12.3 Å². The van der Waals surface area contributed by atoms with Gasteiger partial charge in [0.1, 0.15) is 15.6 Å². The number of nitrogen functional groups attached to an aromatic ring is 1. The third kappa shape index (κ3) is 1.89.